The van der Waals surface area contributed by atoms with Crippen LogP contribution in [0.3, 0.4) is 0 Å². The molecule has 1 aliphatic heterocycles. The number of piperidine rings is 1. The highest BCUT2D eigenvalue weighted by atomic mass is 32.2. The number of hydrogen-bond donors (Lipinski definition) is 1. The highest BCUT2D eigenvalue weighted by Gasteiger charge is 2.15. The zero-order chi connectivity index (χ0) is 17.6. The number of nitrogens with one attached hydrogen (secondary N) is 1. The van der Waals surface area contributed by atoms with E-state index < -0.39 is 0 Å². The minimum absolute atomic E-state index is 0.0801. The Bertz CT molecular complexity index is 727. The lowest BCUT2D eigenvalue weighted by atomic mass is 10.1. The van der Waals surface area contributed by atoms with Crippen LogP contribution in [0.5, 0.6) is 0 Å². The monoisotopic (exact) mass is 356 g/mol. The smallest absolute Gasteiger partial charge is 0.251 e. The number of nitrogens with zero attached hydrogens (tertiary/aromatic N) is 3. The Kier molecular flexibility index (Phi) is 5.91. The van der Waals surface area contributed by atoms with E-state index in [9.17, 15) is 4.79 Å². The van der Waals surface area contributed by atoms with Crippen molar-refractivity contribution in [3.05, 3.63) is 47.3 Å². The molecule has 0 saturated carbocycles. The summed E-state index contributed by atoms with van der Waals surface area (Å²) < 4.78 is 0. The minimum atomic E-state index is -0.0801. The Labute approximate surface area is 153 Å². The molecule has 1 aromatic heterocycles. The number of hydrogen-bond acceptors (Lipinski definition) is 5. The molecule has 25 heavy (non-hydrogen) atoms. The molecular formula is C19H24N4OS. The first-order valence-corrected chi connectivity index (χ1v) is 9.90. The first-order valence-electron chi connectivity index (χ1n) is 8.67. The average molecular weight is 356 g/mol. The van der Waals surface area contributed by atoms with Crippen molar-refractivity contribution < 1.29 is 4.79 Å². The molecule has 1 fully saturated rings. The van der Waals surface area contributed by atoms with E-state index in [0.717, 1.165) is 35.3 Å². The third-order valence-corrected chi connectivity index (χ3v) is 5.06. The zero-order valence-corrected chi connectivity index (χ0v) is 15.6. The number of anilines is 1. The van der Waals surface area contributed by atoms with Gasteiger partial charge in [0.25, 0.3) is 5.91 Å². The fourth-order valence-corrected chi connectivity index (χ4v) is 3.37. The molecule has 1 N–H and O–H groups in total. The maximum Gasteiger partial charge on any atom is 0.251 e. The maximum atomic E-state index is 12.3. The summed E-state index contributed by atoms with van der Waals surface area (Å²) in [5, 5.41) is 2.96. The number of thioether (sulfide) groups is 1. The zero-order valence-electron chi connectivity index (χ0n) is 14.8. The van der Waals surface area contributed by atoms with E-state index >= 15 is 0 Å². The van der Waals surface area contributed by atoms with Crippen molar-refractivity contribution in [2.45, 2.75) is 37.6 Å². The van der Waals surface area contributed by atoms with Gasteiger partial charge >= 0.3 is 0 Å². The lowest BCUT2D eigenvalue weighted by Gasteiger charge is -2.27. The molecule has 2 heterocycles. The quantitative estimate of drug-likeness (QED) is 0.832. The second-order valence-corrected chi connectivity index (χ2v) is 7.14. The molecule has 132 valence electrons. The predicted molar refractivity (Wildman–Crippen MR) is 102 cm³/mol. The van der Waals surface area contributed by atoms with Gasteiger partial charge in [-0.1, -0.05) is 0 Å². The van der Waals surface area contributed by atoms with Crippen LogP contribution >= 0.6 is 11.8 Å². The number of carbonyl (C=O) groups excluding carboxylic acids is 1. The van der Waals surface area contributed by atoms with E-state index in [1.165, 1.54) is 19.3 Å². The molecule has 1 aliphatic rings. The van der Waals surface area contributed by atoms with E-state index in [1.807, 2.05) is 43.5 Å². The first-order chi connectivity index (χ1) is 12.2. The van der Waals surface area contributed by atoms with Crippen molar-refractivity contribution in [3.8, 4) is 0 Å². The van der Waals surface area contributed by atoms with E-state index in [-0.39, 0.29) is 5.91 Å². The van der Waals surface area contributed by atoms with Crippen LogP contribution in [-0.4, -0.2) is 35.2 Å². The highest BCUT2D eigenvalue weighted by Crippen LogP contribution is 2.17. The van der Waals surface area contributed by atoms with Gasteiger partial charge in [0.05, 0.1) is 12.2 Å². The third-order valence-electron chi connectivity index (χ3n) is 4.32. The summed E-state index contributed by atoms with van der Waals surface area (Å²) in [6.45, 7) is 4.41. The standard InChI is InChI=1S/C19H24N4OS/c1-14-12-16(22-19(21-14)23-10-4-3-5-11-23)13-20-18(24)15-6-8-17(25-2)9-7-15/h6-9,12H,3-5,10-11,13H2,1-2H3,(H,20,24). The molecule has 0 aliphatic carbocycles. The van der Waals surface area contributed by atoms with Gasteiger partial charge in [-0.2, -0.15) is 0 Å². The van der Waals surface area contributed by atoms with Crippen molar-refractivity contribution in [1.29, 1.82) is 0 Å². The fourth-order valence-electron chi connectivity index (χ4n) is 2.96. The van der Waals surface area contributed by atoms with Crippen LogP contribution in [0.4, 0.5) is 5.95 Å². The summed E-state index contributed by atoms with van der Waals surface area (Å²) in [7, 11) is 0. The highest BCUT2D eigenvalue weighted by molar-refractivity contribution is 7.98. The SMILES string of the molecule is CSc1ccc(C(=O)NCc2cc(C)nc(N3CCCCC3)n2)cc1. The number of amides is 1. The van der Waals surface area contributed by atoms with Gasteiger partial charge < -0.3 is 10.2 Å². The Morgan fingerprint density at radius 1 is 1.16 bits per heavy atom. The van der Waals surface area contributed by atoms with Crippen LogP contribution in [0.2, 0.25) is 0 Å². The Hall–Kier alpha value is -2.08. The van der Waals surface area contributed by atoms with Gasteiger partial charge in [-0.3, -0.25) is 4.79 Å². The summed E-state index contributed by atoms with van der Waals surface area (Å²) in [5.41, 5.74) is 2.45. The Morgan fingerprint density at radius 2 is 1.88 bits per heavy atom. The van der Waals surface area contributed by atoms with Gasteiger partial charge in [0.1, 0.15) is 0 Å². The summed E-state index contributed by atoms with van der Waals surface area (Å²) in [6.07, 6.45) is 5.68. The first kappa shape index (κ1) is 17.7. The van der Waals surface area contributed by atoms with Crippen molar-refractivity contribution in [2.24, 2.45) is 0 Å². The van der Waals surface area contributed by atoms with Crippen LogP contribution in [0.1, 0.15) is 41.0 Å². The lowest BCUT2D eigenvalue weighted by Crippen LogP contribution is -2.31. The van der Waals surface area contributed by atoms with E-state index in [4.69, 9.17) is 0 Å². The molecule has 0 atom stereocenters. The number of aromatic nitrogens is 2. The fraction of sp³-hybridized carbons (Fsp3) is 0.421. The molecule has 0 radical (unpaired) electrons. The van der Waals surface area contributed by atoms with Crippen LogP contribution in [0.25, 0.3) is 0 Å². The molecule has 1 saturated heterocycles. The molecule has 3 rings (SSSR count). The van der Waals surface area contributed by atoms with Gasteiger partial charge in [0, 0.05) is 29.2 Å². The van der Waals surface area contributed by atoms with Gasteiger partial charge in [-0.25, -0.2) is 9.97 Å². The number of aryl methyl sites for hydroxylation is 1. The molecule has 5 nitrogen and oxygen atoms in total. The molecule has 0 spiro atoms. The third kappa shape index (κ3) is 4.72. The lowest BCUT2D eigenvalue weighted by molar-refractivity contribution is 0.0950. The molecule has 2 aromatic rings. The van der Waals surface area contributed by atoms with E-state index in [0.29, 0.717) is 12.1 Å². The van der Waals surface area contributed by atoms with Crippen LogP contribution in [0, 0.1) is 6.92 Å². The van der Waals surface area contributed by atoms with Crippen LogP contribution in [0.15, 0.2) is 35.2 Å². The maximum absolute atomic E-state index is 12.3. The second kappa shape index (κ2) is 8.34. The van der Waals surface area contributed by atoms with Crippen molar-refractivity contribution in [3.63, 3.8) is 0 Å². The molecule has 0 unspecified atom stereocenters. The summed E-state index contributed by atoms with van der Waals surface area (Å²) >= 11 is 1.66. The topological polar surface area (TPSA) is 58.1 Å². The Morgan fingerprint density at radius 3 is 2.56 bits per heavy atom. The molecule has 1 amide bonds. The average Bonchev–Trinajstić information content (AvgIpc) is 2.66. The number of rotatable bonds is 5. The van der Waals surface area contributed by atoms with E-state index in [2.05, 4.69) is 20.2 Å². The van der Waals surface area contributed by atoms with Crippen LogP contribution < -0.4 is 10.2 Å². The number of benzene rings is 1. The van der Waals surface area contributed by atoms with Gasteiger partial charge in [0.15, 0.2) is 0 Å². The van der Waals surface area contributed by atoms with Crippen LogP contribution in [-0.2, 0) is 6.54 Å². The predicted octanol–water partition coefficient (Wildman–Crippen LogP) is 3.43. The second-order valence-electron chi connectivity index (χ2n) is 6.26. The summed E-state index contributed by atoms with van der Waals surface area (Å²) in [6, 6.07) is 9.56. The summed E-state index contributed by atoms with van der Waals surface area (Å²) in [5.74, 6) is 0.705. The van der Waals surface area contributed by atoms with Gasteiger partial charge in [-0.05, 0) is 62.8 Å². The molecular weight excluding hydrogens is 332 g/mol. The largest absolute Gasteiger partial charge is 0.346 e. The van der Waals surface area contributed by atoms with Crippen molar-refractivity contribution in [2.75, 3.05) is 24.2 Å². The molecule has 1 aromatic carbocycles. The van der Waals surface area contributed by atoms with Gasteiger partial charge in [0.2, 0.25) is 5.95 Å². The number of carbonyl (C=O) groups is 1. The van der Waals surface area contributed by atoms with Crippen molar-refractivity contribution in [1.82, 2.24) is 15.3 Å². The minimum Gasteiger partial charge on any atom is -0.346 e. The Balaban J connectivity index is 1.65. The van der Waals surface area contributed by atoms with E-state index in [1.54, 1.807) is 11.8 Å². The normalized spacial score (nSPS) is 14.4. The molecule has 0 bridgehead atoms. The molecule has 6 heteroatoms. The van der Waals surface area contributed by atoms with Gasteiger partial charge in [-0.15, -0.1) is 11.8 Å². The summed E-state index contributed by atoms with van der Waals surface area (Å²) in [4.78, 5) is 24.9. The van der Waals surface area contributed by atoms with Crippen molar-refractivity contribution >= 4 is 23.6 Å².